The van der Waals surface area contributed by atoms with E-state index in [9.17, 15) is 9.59 Å². The molecule has 0 bridgehead atoms. The van der Waals surface area contributed by atoms with Crippen molar-refractivity contribution < 1.29 is 23.8 Å². The largest absolute Gasteiger partial charge is 0.458 e. The van der Waals surface area contributed by atoms with Crippen LogP contribution in [0.2, 0.25) is 0 Å². The lowest BCUT2D eigenvalue weighted by atomic mass is 9.46. The Hall–Kier alpha value is -1.78. The predicted octanol–water partition coefficient (Wildman–Crippen LogP) is 4.03. The van der Waals surface area contributed by atoms with Gasteiger partial charge in [-0.1, -0.05) is 27.2 Å². The molecule has 1 saturated heterocycles. The zero-order valence-electron chi connectivity index (χ0n) is 16.6. The second-order valence-corrected chi connectivity index (χ2v) is 10.1. The Morgan fingerprint density at radius 1 is 1.15 bits per heavy atom. The van der Waals surface area contributed by atoms with Gasteiger partial charge in [0.2, 0.25) is 0 Å². The third-order valence-electron chi connectivity index (χ3n) is 8.46. The lowest BCUT2D eigenvalue weighted by Crippen LogP contribution is -2.52. The molecule has 5 rings (SSSR count). The fourth-order valence-electron chi connectivity index (χ4n) is 7.21. The van der Waals surface area contributed by atoms with E-state index in [0.717, 1.165) is 25.7 Å². The normalized spacial score (nSPS) is 48.1. The van der Waals surface area contributed by atoms with Crippen LogP contribution in [-0.2, 0) is 23.8 Å². The van der Waals surface area contributed by atoms with Crippen molar-refractivity contribution >= 4 is 11.9 Å². The molecule has 5 heteroatoms. The van der Waals surface area contributed by atoms with Gasteiger partial charge in [-0.05, 0) is 49.4 Å². The first kappa shape index (κ1) is 17.3. The predicted molar refractivity (Wildman–Crippen MR) is 97.1 cm³/mol. The fourth-order valence-corrected chi connectivity index (χ4v) is 7.21. The van der Waals surface area contributed by atoms with Gasteiger partial charge in [0.15, 0.2) is 0 Å². The maximum Gasteiger partial charge on any atom is 0.338 e. The fraction of sp³-hybridized carbons (Fsp3) is 0.727. The van der Waals surface area contributed by atoms with Crippen molar-refractivity contribution in [3.05, 3.63) is 23.5 Å². The molecule has 0 radical (unpaired) electrons. The van der Waals surface area contributed by atoms with Gasteiger partial charge in [-0.3, -0.25) is 0 Å². The van der Waals surface area contributed by atoms with E-state index < -0.39 is 6.29 Å². The summed E-state index contributed by atoms with van der Waals surface area (Å²) < 4.78 is 16.9. The Morgan fingerprint density at radius 3 is 2.63 bits per heavy atom. The number of carbonyl (C=O) groups is 2. The van der Waals surface area contributed by atoms with Crippen LogP contribution in [0.5, 0.6) is 0 Å². The molecule has 27 heavy (non-hydrogen) atoms. The molecule has 146 valence electrons. The monoisotopic (exact) mass is 372 g/mol. The highest BCUT2D eigenvalue weighted by Gasteiger charge is 2.86. The van der Waals surface area contributed by atoms with Gasteiger partial charge in [0.25, 0.3) is 6.29 Å². The molecule has 4 fully saturated rings. The average molecular weight is 372 g/mol. The van der Waals surface area contributed by atoms with Crippen molar-refractivity contribution in [2.24, 2.45) is 22.2 Å². The van der Waals surface area contributed by atoms with Gasteiger partial charge < -0.3 is 14.2 Å². The van der Waals surface area contributed by atoms with E-state index >= 15 is 0 Å². The van der Waals surface area contributed by atoms with Gasteiger partial charge in [0, 0.05) is 18.1 Å². The molecule has 0 aromatic carbocycles. The van der Waals surface area contributed by atoms with Crippen LogP contribution in [0.25, 0.3) is 0 Å². The zero-order valence-corrected chi connectivity index (χ0v) is 16.6. The van der Waals surface area contributed by atoms with E-state index in [1.807, 2.05) is 0 Å². The number of ether oxygens (including phenoxy) is 3. The minimum atomic E-state index is -0.752. The first-order valence-corrected chi connectivity index (χ1v) is 10.1. The number of cyclic esters (lactones) is 1. The highest BCUT2D eigenvalue weighted by molar-refractivity contribution is 5.96. The highest BCUT2D eigenvalue weighted by atomic mass is 16.7. The molecule has 5 nitrogen and oxygen atoms in total. The Bertz CT molecular complexity index is 808. The summed E-state index contributed by atoms with van der Waals surface area (Å²) in [6.45, 7) is 8.83. The maximum atomic E-state index is 12.8. The Labute approximate surface area is 160 Å². The minimum absolute atomic E-state index is 0.0342. The van der Waals surface area contributed by atoms with Crippen molar-refractivity contribution in [1.29, 1.82) is 0 Å². The summed E-state index contributed by atoms with van der Waals surface area (Å²) in [6.07, 6.45) is 8.94. The van der Waals surface area contributed by atoms with Crippen LogP contribution < -0.4 is 0 Å². The third-order valence-corrected chi connectivity index (χ3v) is 8.46. The standard InChI is InChI=1S/C22H28O5/c1-13-10-16(26-17(13)23)25-11-14-18(24)27-21-9-6-15-19(2,3)7-5-8-20(15,4)22(14,21)12-21/h10-11,15-16H,5-9,12H2,1-4H3/b14-11+/t15?,16-,20-,21-,22+/m0/s1. The summed E-state index contributed by atoms with van der Waals surface area (Å²) in [5, 5.41) is 0. The number of rotatable bonds is 2. The number of fused-ring (bicyclic) bond motifs is 1. The van der Waals surface area contributed by atoms with Crippen molar-refractivity contribution in [2.75, 3.05) is 0 Å². The number of carbonyl (C=O) groups excluding carboxylic acids is 2. The molecule has 0 amide bonds. The van der Waals surface area contributed by atoms with E-state index in [1.54, 1.807) is 19.3 Å². The summed E-state index contributed by atoms with van der Waals surface area (Å²) >= 11 is 0. The molecule has 5 aliphatic rings. The topological polar surface area (TPSA) is 61.8 Å². The molecule has 2 heterocycles. The highest BCUT2D eigenvalue weighted by Crippen LogP contribution is 2.84. The van der Waals surface area contributed by atoms with Gasteiger partial charge in [0.05, 0.1) is 17.3 Å². The summed E-state index contributed by atoms with van der Waals surface area (Å²) in [5.41, 5.74) is 0.905. The Balaban J connectivity index is 1.52. The van der Waals surface area contributed by atoms with E-state index in [2.05, 4.69) is 20.8 Å². The van der Waals surface area contributed by atoms with Crippen LogP contribution >= 0.6 is 0 Å². The Morgan fingerprint density at radius 2 is 1.93 bits per heavy atom. The molecule has 2 aliphatic heterocycles. The smallest absolute Gasteiger partial charge is 0.338 e. The summed E-state index contributed by atoms with van der Waals surface area (Å²) in [7, 11) is 0. The minimum Gasteiger partial charge on any atom is -0.458 e. The number of hydrogen-bond donors (Lipinski definition) is 0. The lowest BCUT2D eigenvalue weighted by Gasteiger charge is -2.57. The van der Waals surface area contributed by atoms with Gasteiger partial charge in [0.1, 0.15) is 5.60 Å². The zero-order chi connectivity index (χ0) is 19.2. The van der Waals surface area contributed by atoms with E-state index in [1.165, 1.54) is 12.8 Å². The van der Waals surface area contributed by atoms with Gasteiger partial charge in [-0.25, -0.2) is 9.59 Å². The summed E-state index contributed by atoms with van der Waals surface area (Å²) in [6, 6.07) is 0. The lowest BCUT2D eigenvalue weighted by molar-refractivity contribution is -0.152. The molecule has 1 unspecified atom stereocenters. The average Bonchev–Trinajstić information content (AvgIpc) is 3.03. The molecule has 3 aliphatic carbocycles. The molecule has 5 atom stereocenters. The molecule has 0 aromatic rings. The first-order chi connectivity index (χ1) is 12.7. The van der Waals surface area contributed by atoms with Crippen LogP contribution in [0.3, 0.4) is 0 Å². The SMILES string of the molecule is CC1=C[C@@H](O/C=C2\C(=O)O[C@]34CCC5C(C)(C)CCC[C@]5(C)[C@@]23C4)OC1=O. The molecule has 0 N–H and O–H groups in total. The maximum absolute atomic E-state index is 12.8. The van der Waals surface area contributed by atoms with Crippen molar-refractivity contribution in [2.45, 2.75) is 78.1 Å². The third kappa shape index (κ3) is 1.95. The molecule has 3 saturated carbocycles. The van der Waals surface area contributed by atoms with Gasteiger partial charge in [-0.15, -0.1) is 0 Å². The van der Waals surface area contributed by atoms with Crippen LogP contribution in [0, 0.1) is 22.2 Å². The van der Waals surface area contributed by atoms with Gasteiger partial charge in [-0.2, -0.15) is 0 Å². The van der Waals surface area contributed by atoms with Crippen LogP contribution in [0.1, 0.15) is 66.2 Å². The number of hydrogen-bond acceptors (Lipinski definition) is 5. The molecule has 0 spiro atoms. The summed E-state index contributed by atoms with van der Waals surface area (Å²) in [4.78, 5) is 24.4. The molecule has 0 aromatic heterocycles. The molecular weight excluding hydrogens is 344 g/mol. The van der Waals surface area contributed by atoms with Crippen molar-refractivity contribution in [3.8, 4) is 0 Å². The van der Waals surface area contributed by atoms with Crippen molar-refractivity contribution in [1.82, 2.24) is 0 Å². The van der Waals surface area contributed by atoms with Crippen LogP contribution in [-0.4, -0.2) is 23.8 Å². The van der Waals surface area contributed by atoms with E-state index in [-0.39, 0.29) is 33.8 Å². The van der Waals surface area contributed by atoms with Crippen molar-refractivity contribution in [3.63, 3.8) is 0 Å². The second kappa shape index (κ2) is 4.98. The van der Waals surface area contributed by atoms with Gasteiger partial charge >= 0.3 is 11.9 Å². The Kier molecular flexibility index (Phi) is 3.19. The van der Waals surface area contributed by atoms with E-state index in [4.69, 9.17) is 14.2 Å². The summed E-state index contributed by atoms with van der Waals surface area (Å²) in [5.74, 6) is -0.0553. The van der Waals surface area contributed by atoms with Crippen LogP contribution in [0.4, 0.5) is 0 Å². The van der Waals surface area contributed by atoms with E-state index in [0.29, 0.717) is 17.1 Å². The number of esters is 2. The first-order valence-electron chi connectivity index (χ1n) is 10.1. The quantitative estimate of drug-likeness (QED) is 0.416. The molecular formula is C22H28O5. The second-order valence-electron chi connectivity index (χ2n) is 10.1. The van der Waals surface area contributed by atoms with Crippen LogP contribution in [0.15, 0.2) is 23.5 Å².